The van der Waals surface area contributed by atoms with E-state index >= 15 is 0 Å². The van der Waals surface area contributed by atoms with Crippen LogP contribution in [-0.4, -0.2) is 48.4 Å². The van der Waals surface area contributed by atoms with Crippen molar-refractivity contribution in [3.63, 3.8) is 0 Å². The van der Waals surface area contributed by atoms with Gasteiger partial charge in [0.15, 0.2) is 0 Å². The van der Waals surface area contributed by atoms with Crippen molar-refractivity contribution >= 4 is 11.6 Å². The number of nitrogens with two attached hydrogens (primary N) is 1. The van der Waals surface area contributed by atoms with Crippen LogP contribution >= 0.6 is 0 Å². The van der Waals surface area contributed by atoms with E-state index in [4.69, 9.17) is 5.73 Å². The lowest BCUT2D eigenvalue weighted by molar-refractivity contribution is 0.0623. The molecule has 0 radical (unpaired) electrons. The maximum Gasteiger partial charge on any atom is 0.254 e. The van der Waals surface area contributed by atoms with Gasteiger partial charge in [0.2, 0.25) is 0 Å². The Kier molecular flexibility index (Phi) is 4.60. The Balaban J connectivity index is 1.98. The largest absolute Gasteiger partial charge is 0.399 e. The summed E-state index contributed by atoms with van der Waals surface area (Å²) in [4.78, 5) is 16.4. The van der Waals surface area contributed by atoms with Crippen molar-refractivity contribution in [2.24, 2.45) is 5.92 Å². The maximum absolute atomic E-state index is 13.3. The van der Waals surface area contributed by atoms with Crippen LogP contribution in [0.5, 0.6) is 0 Å². The first-order valence-corrected chi connectivity index (χ1v) is 7.03. The predicted molar refractivity (Wildman–Crippen MR) is 78.0 cm³/mol. The van der Waals surface area contributed by atoms with Gasteiger partial charge in [-0.15, -0.1) is 0 Å². The summed E-state index contributed by atoms with van der Waals surface area (Å²) in [5.41, 5.74) is 6.20. The molecule has 0 unspecified atom stereocenters. The van der Waals surface area contributed by atoms with Crippen LogP contribution in [0.2, 0.25) is 0 Å². The smallest absolute Gasteiger partial charge is 0.254 e. The van der Waals surface area contributed by atoms with Gasteiger partial charge in [0.05, 0.1) is 0 Å². The van der Waals surface area contributed by atoms with Crippen molar-refractivity contribution in [2.45, 2.75) is 13.8 Å². The van der Waals surface area contributed by atoms with E-state index in [-0.39, 0.29) is 11.6 Å². The lowest BCUT2D eigenvalue weighted by atomic mass is 10.1. The van der Waals surface area contributed by atoms with Crippen molar-refractivity contribution < 1.29 is 9.18 Å². The average molecular weight is 279 g/mol. The second-order valence-electron chi connectivity index (χ2n) is 5.76. The summed E-state index contributed by atoms with van der Waals surface area (Å²) in [5.74, 6) is 0.0208. The molecule has 5 heteroatoms. The zero-order valence-corrected chi connectivity index (χ0v) is 12.1. The zero-order chi connectivity index (χ0) is 14.7. The summed E-state index contributed by atoms with van der Waals surface area (Å²) in [6, 6.07) is 4.00. The molecule has 0 aliphatic carbocycles. The van der Waals surface area contributed by atoms with Crippen LogP contribution in [0.25, 0.3) is 0 Å². The monoisotopic (exact) mass is 279 g/mol. The minimum Gasteiger partial charge on any atom is -0.399 e. The highest BCUT2D eigenvalue weighted by Gasteiger charge is 2.22. The van der Waals surface area contributed by atoms with Gasteiger partial charge in [-0.1, -0.05) is 13.8 Å². The van der Waals surface area contributed by atoms with E-state index in [1.165, 1.54) is 18.2 Å². The van der Waals surface area contributed by atoms with Gasteiger partial charge in [-0.3, -0.25) is 9.69 Å². The fourth-order valence-corrected chi connectivity index (χ4v) is 2.57. The summed E-state index contributed by atoms with van der Waals surface area (Å²) in [6.45, 7) is 8.53. The summed E-state index contributed by atoms with van der Waals surface area (Å²) >= 11 is 0. The number of carbonyl (C=O) groups is 1. The van der Waals surface area contributed by atoms with E-state index in [9.17, 15) is 9.18 Å². The molecule has 2 N–H and O–H groups in total. The Hall–Kier alpha value is -1.62. The van der Waals surface area contributed by atoms with Crippen molar-refractivity contribution in [2.75, 3.05) is 38.5 Å². The van der Waals surface area contributed by atoms with Gasteiger partial charge in [0.1, 0.15) is 5.82 Å². The fraction of sp³-hybridized carbons (Fsp3) is 0.533. The molecule has 1 aromatic carbocycles. The van der Waals surface area contributed by atoms with Crippen LogP contribution in [0.3, 0.4) is 0 Å². The SMILES string of the molecule is CC(C)CN1CCN(C(=O)c2cc(N)cc(F)c2)CC1. The number of hydrogen-bond donors (Lipinski definition) is 1. The van der Waals surface area contributed by atoms with Gasteiger partial charge in [-0.25, -0.2) is 4.39 Å². The molecule has 0 atom stereocenters. The van der Waals surface area contributed by atoms with Crippen molar-refractivity contribution in [3.05, 3.63) is 29.6 Å². The molecule has 0 spiro atoms. The number of rotatable bonds is 3. The van der Waals surface area contributed by atoms with Crippen LogP contribution in [0.4, 0.5) is 10.1 Å². The number of nitrogens with zero attached hydrogens (tertiary/aromatic N) is 2. The number of piperazine rings is 1. The van der Waals surface area contributed by atoms with Crippen LogP contribution in [-0.2, 0) is 0 Å². The molecule has 0 saturated carbocycles. The van der Waals surface area contributed by atoms with Crippen LogP contribution < -0.4 is 5.73 Å². The second kappa shape index (κ2) is 6.22. The van der Waals surface area contributed by atoms with E-state index in [1.54, 1.807) is 4.90 Å². The number of benzene rings is 1. The Morgan fingerprint density at radius 2 is 1.90 bits per heavy atom. The first-order chi connectivity index (χ1) is 9.45. The molecular weight excluding hydrogens is 257 g/mol. The molecule has 1 fully saturated rings. The van der Waals surface area contributed by atoms with Crippen molar-refractivity contribution in [1.82, 2.24) is 9.80 Å². The molecule has 1 aromatic rings. The predicted octanol–water partition coefficient (Wildman–Crippen LogP) is 1.82. The zero-order valence-electron chi connectivity index (χ0n) is 12.1. The maximum atomic E-state index is 13.3. The molecule has 0 bridgehead atoms. The number of nitrogen functional groups attached to an aromatic ring is 1. The van der Waals surface area contributed by atoms with Gasteiger partial charge >= 0.3 is 0 Å². The third-order valence-corrected chi connectivity index (χ3v) is 3.45. The highest BCUT2D eigenvalue weighted by Crippen LogP contribution is 2.15. The first kappa shape index (κ1) is 14.8. The fourth-order valence-electron chi connectivity index (χ4n) is 2.57. The molecule has 20 heavy (non-hydrogen) atoms. The van der Waals surface area contributed by atoms with Crippen molar-refractivity contribution in [1.29, 1.82) is 0 Å². The Morgan fingerprint density at radius 1 is 1.25 bits per heavy atom. The van der Waals surface area contributed by atoms with Gasteiger partial charge in [-0.05, 0) is 24.1 Å². The van der Waals surface area contributed by atoms with E-state index in [0.717, 1.165) is 19.6 Å². The van der Waals surface area contributed by atoms with Gasteiger partial charge in [0.25, 0.3) is 5.91 Å². The number of hydrogen-bond acceptors (Lipinski definition) is 3. The quantitative estimate of drug-likeness (QED) is 0.859. The Morgan fingerprint density at radius 3 is 2.45 bits per heavy atom. The highest BCUT2D eigenvalue weighted by atomic mass is 19.1. The second-order valence-corrected chi connectivity index (χ2v) is 5.76. The molecule has 2 rings (SSSR count). The summed E-state index contributed by atoms with van der Waals surface area (Å²) in [7, 11) is 0. The van der Waals surface area contributed by atoms with E-state index in [1.807, 2.05) is 0 Å². The lowest BCUT2D eigenvalue weighted by Gasteiger charge is -2.35. The minimum atomic E-state index is -0.466. The standard InChI is InChI=1S/C15H22FN3O/c1-11(2)10-18-3-5-19(6-4-18)15(20)12-7-13(16)9-14(17)8-12/h7-9,11H,3-6,10,17H2,1-2H3. The molecule has 1 saturated heterocycles. The molecule has 110 valence electrons. The molecule has 1 amide bonds. The third kappa shape index (κ3) is 3.70. The molecule has 0 aromatic heterocycles. The third-order valence-electron chi connectivity index (χ3n) is 3.45. The molecule has 1 aliphatic heterocycles. The lowest BCUT2D eigenvalue weighted by Crippen LogP contribution is -2.49. The van der Waals surface area contributed by atoms with E-state index in [2.05, 4.69) is 18.7 Å². The Labute approximate surface area is 119 Å². The summed E-state index contributed by atoms with van der Waals surface area (Å²) < 4.78 is 13.3. The number of amides is 1. The average Bonchev–Trinajstić information content (AvgIpc) is 2.37. The molecule has 1 aliphatic rings. The van der Waals surface area contributed by atoms with E-state index < -0.39 is 5.82 Å². The van der Waals surface area contributed by atoms with Gasteiger partial charge in [0, 0.05) is 44.0 Å². The number of carbonyl (C=O) groups excluding carboxylic acids is 1. The molecular formula is C15H22FN3O. The highest BCUT2D eigenvalue weighted by molar-refractivity contribution is 5.95. The van der Waals surface area contributed by atoms with Crippen LogP contribution in [0.1, 0.15) is 24.2 Å². The van der Waals surface area contributed by atoms with Gasteiger partial charge in [-0.2, -0.15) is 0 Å². The van der Waals surface area contributed by atoms with Crippen LogP contribution in [0.15, 0.2) is 18.2 Å². The van der Waals surface area contributed by atoms with E-state index in [0.29, 0.717) is 24.6 Å². The normalized spacial score (nSPS) is 16.7. The number of anilines is 1. The minimum absolute atomic E-state index is 0.139. The van der Waals surface area contributed by atoms with Gasteiger partial charge < -0.3 is 10.6 Å². The summed E-state index contributed by atoms with van der Waals surface area (Å²) in [5, 5.41) is 0. The number of halogens is 1. The molecule has 1 heterocycles. The van der Waals surface area contributed by atoms with Crippen LogP contribution in [0, 0.1) is 11.7 Å². The Bertz CT molecular complexity index is 462. The summed E-state index contributed by atoms with van der Waals surface area (Å²) in [6.07, 6.45) is 0. The topological polar surface area (TPSA) is 49.6 Å². The van der Waals surface area contributed by atoms with Crippen molar-refractivity contribution in [3.8, 4) is 0 Å². The molecule has 4 nitrogen and oxygen atoms in total. The first-order valence-electron chi connectivity index (χ1n) is 7.03.